The Kier molecular flexibility index (Phi) is 4.16. The molecular weight excluding hydrogens is 342 g/mol. The molecule has 140 valence electrons. The Morgan fingerprint density at radius 1 is 0.893 bits per heavy atom. The average molecular weight is 367 g/mol. The summed E-state index contributed by atoms with van der Waals surface area (Å²) < 4.78 is 2.13. The molecule has 1 aliphatic heterocycles. The van der Waals surface area contributed by atoms with Gasteiger partial charge in [-0.25, -0.2) is 4.68 Å². The molecule has 0 unspecified atom stereocenters. The summed E-state index contributed by atoms with van der Waals surface area (Å²) in [6.07, 6.45) is 3.45. The Morgan fingerprint density at radius 2 is 1.75 bits per heavy atom. The Hall–Kier alpha value is -3.07. The van der Waals surface area contributed by atoms with Gasteiger partial charge in [-0.2, -0.15) is 5.10 Å². The number of anilines is 1. The van der Waals surface area contributed by atoms with E-state index in [9.17, 15) is 0 Å². The molecule has 4 aromatic rings. The molecule has 1 N–H and O–H groups in total. The number of benzene rings is 3. The summed E-state index contributed by atoms with van der Waals surface area (Å²) in [7, 11) is 0. The molecule has 1 aliphatic rings. The highest BCUT2D eigenvalue weighted by atomic mass is 15.3. The first-order valence-corrected chi connectivity index (χ1v) is 10.1. The Morgan fingerprint density at radius 3 is 2.64 bits per heavy atom. The van der Waals surface area contributed by atoms with Gasteiger partial charge in [0.15, 0.2) is 0 Å². The van der Waals surface area contributed by atoms with Crippen LogP contribution in [0.2, 0.25) is 0 Å². The van der Waals surface area contributed by atoms with Crippen LogP contribution in [-0.4, -0.2) is 16.3 Å². The fourth-order valence-electron chi connectivity index (χ4n) is 4.19. The van der Waals surface area contributed by atoms with Crippen molar-refractivity contribution in [3.8, 4) is 16.9 Å². The number of rotatable bonds is 2. The molecule has 0 amide bonds. The SMILES string of the molecule is Cc1ccc(C)c(-n2nc(-c3ccc4ccccc4c3)c3c2NCCCC3)c1. The fourth-order valence-corrected chi connectivity index (χ4v) is 4.19. The lowest BCUT2D eigenvalue weighted by Crippen LogP contribution is -2.08. The van der Waals surface area contributed by atoms with Crippen molar-refractivity contribution in [1.29, 1.82) is 0 Å². The zero-order valence-corrected chi connectivity index (χ0v) is 16.5. The Bertz CT molecular complexity index is 1170. The van der Waals surface area contributed by atoms with Crippen LogP contribution in [0.5, 0.6) is 0 Å². The van der Waals surface area contributed by atoms with Crippen molar-refractivity contribution in [2.75, 3.05) is 11.9 Å². The topological polar surface area (TPSA) is 29.9 Å². The van der Waals surface area contributed by atoms with Gasteiger partial charge in [-0.3, -0.25) is 0 Å². The highest BCUT2D eigenvalue weighted by Gasteiger charge is 2.22. The third-order valence-corrected chi connectivity index (χ3v) is 5.75. The van der Waals surface area contributed by atoms with Crippen molar-refractivity contribution in [2.24, 2.45) is 0 Å². The van der Waals surface area contributed by atoms with Crippen LogP contribution in [-0.2, 0) is 6.42 Å². The summed E-state index contributed by atoms with van der Waals surface area (Å²) in [5, 5.41) is 11.3. The molecule has 28 heavy (non-hydrogen) atoms. The number of hydrogen-bond donors (Lipinski definition) is 1. The molecule has 3 nitrogen and oxygen atoms in total. The smallest absolute Gasteiger partial charge is 0.133 e. The van der Waals surface area contributed by atoms with Crippen molar-refractivity contribution in [3.63, 3.8) is 0 Å². The van der Waals surface area contributed by atoms with Crippen LogP contribution >= 0.6 is 0 Å². The van der Waals surface area contributed by atoms with Gasteiger partial charge in [0.2, 0.25) is 0 Å². The standard InChI is InChI=1S/C25H25N3/c1-17-10-11-18(2)23(15-17)28-25-22(9-5-6-14-26-25)24(27-28)21-13-12-19-7-3-4-8-20(19)16-21/h3-4,7-8,10-13,15-16,26H,5-6,9,14H2,1-2H3. The maximum atomic E-state index is 5.14. The highest BCUT2D eigenvalue weighted by Crippen LogP contribution is 2.35. The van der Waals surface area contributed by atoms with Gasteiger partial charge in [-0.15, -0.1) is 0 Å². The number of nitrogens with one attached hydrogen (secondary N) is 1. The molecule has 2 heterocycles. The van der Waals surface area contributed by atoms with Crippen LogP contribution in [0.25, 0.3) is 27.7 Å². The molecule has 0 bridgehead atoms. The van der Waals surface area contributed by atoms with E-state index in [4.69, 9.17) is 5.10 Å². The fraction of sp³-hybridized carbons (Fsp3) is 0.240. The maximum absolute atomic E-state index is 5.14. The quantitative estimate of drug-likeness (QED) is 0.467. The van der Waals surface area contributed by atoms with E-state index in [2.05, 4.69) is 84.5 Å². The summed E-state index contributed by atoms with van der Waals surface area (Å²) in [6.45, 7) is 5.30. The second-order valence-corrected chi connectivity index (χ2v) is 7.82. The highest BCUT2D eigenvalue weighted by molar-refractivity contribution is 5.87. The largest absolute Gasteiger partial charge is 0.370 e. The predicted molar refractivity (Wildman–Crippen MR) is 117 cm³/mol. The lowest BCUT2D eigenvalue weighted by molar-refractivity contribution is 0.779. The molecule has 1 aromatic heterocycles. The maximum Gasteiger partial charge on any atom is 0.133 e. The lowest BCUT2D eigenvalue weighted by atomic mass is 10.0. The summed E-state index contributed by atoms with van der Waals surface area (Å²) in [5.41, 5.74) is 7.31. The number of aryl methyl sites for hydroxylation is 2. The van der Waals surface area contributed by atoms with Crippen LogP contribution in [0, 0.1) is 13.8 Å². The first kappa shape index (κ1) is 17.1. The van der Waals surface area contributed by atoms with Crippen LogP contribution < -0.4 is 5.32 Å². The van der Waals surface area contributed by atoms with Crippen LogP contribution in [0.15, 0.2) is 60.7 Å². The predicted octanol–water partition coefficient (Wildman–Crippen LogP) is 6.06. The molecule has 0 saturated carbocycles. The molecule has 0 fully saturated rings. The molecule has 5 rings (SSSR count). The zero-order valence-electron chi connectivity index (χ0n) is 16.5. The van der Waals surface area contributed by atoms with E-state index in [0.717, 1.165) is 30.2 Å². The molecule has 0 saturated heterocycles. The number of nitrogens with zero attached hydrogens (tertiary/aromatic N) is 2. The summed E-state index contributed by atoms with van der Waals surface area (Å²) in [4.78, 5) is 0. The lowest BCUT2D eigenvalue weighted by Gasteiger charge is -2.12. The third kappa shape index (κ3) is 2.88. The van der Waals surface area contributed by atoms with Crippen molar-refractivity contribution in [2.45, 2.75) is 33.1 Å². The third-order valence-electron chi connectivity index (χ3n) is 5.75. The first-order valence-electron chi connectivity index (χ1n) is 10.1. The molecule has 3 aromatic carbocycles. The van der Waals surface area contributed by atoms with Crippen molar-refractivity contribution < 1.29 is 0 Å². The van der Waals surface area contributed by atoms with Gasteiger partial charge in [0.1, 0.15) is 5.82 Å². The monoisotopic (exact) mass is 367 g/mol. The molecule has 0 radical (unpaired) electrons. The molecule has 0 spiro atoms. The van der Waals surface area contributed by atoms with Gasteiger partial charge in [-0.05, 0) is 67.1 Å². The minimum Gasteiger partial charge on any atom is -0.370 e. The van der Waals surface area contributed by atoms with E-state index in [1.165, 1.54) is 45.9 Å². The van der Waals surface area contributed by atoms with Gasteiger partial charge < -0.3 is 5.32 Å². The van der Waals surface area contributed by atoms with Gasteiger partial charge in [0.25, 0.3) is 0 Å². The van der Waals surface area contributed by atoms with E-state index in [1.54, 1.807) is 0 Å². The molecule has 0 aliphatic carbocycles. The van der Waals surface area contributed by atoms with E-state index in [0.29, 0.717) is 0 Å². The van der Waals surface area contributed by atoms with E-state index >= 15 is 0 Å². The van der Waals surface area contributed by atoms with Crippen molar-refractivity contribution in [1.82, 2.24) is 9.78 Å². The van der Waals surface area contributed by atoms with E-state index in [-0.39, 0.29) is 0 Å². The normalized spacial score (nSPS) is 13.8. The minimum absolute atomic E-state index is 1.00. The van der Waals surface area contributed by atoms with Gasteiger partial charge in [0.05, 0.1) is 11.4 Å². The summed E-state index contributed by atoms with van der Waals surface area (Å²) in [6, 6.07) is 21.8. The van der Waals surface area contributed by atoms with Gasteiger partial charge in [-0.1, -0.05) is 48.5 Å². The van der Waals surface area contributed by atoms with Crippen LogP contribution in [0.4, 0.5) is 5.82 Å². The Labute approximate surface area is 166 Å². The van der Waals surface area contributed by atoms with E-state index < -0.39 is 0 Å². The molecule has 3 heteroatoms. The minimum atomic E-state index is 1.00. The van der Waals surface area contributed by atoms with E-state index in [1.807, 2.05) is 0 Å². The Balaban J connectivity index is 1.74. The van der Waals surface area contributed by atoms with Crippen LogP contribution in [0.1, 0.15) is 29.5 Å². The number of aromatic nitrogens is 2. The zero-order chi connectivity index (χ0) is 19.1. The molecular formula is C25H25N3. The van der Waals surface area contributed by atoms with Gasteiger partial charge in [0, 0.05) is 17.7 Å². The van der Waals surface area contributed by atoms with Crippen LogP contribution in [0.3, 0.4) is 0 Å². The number of fused-ring (bicyclic) bond motifs is 2. The van der Waals surface area contributed by atoms with Crippen molar-refractivity contribution >= 4 is 16.6 Å². The second kappa shape index (κ2) is 6.83. The second-order valence-electron chi connectivity index (χ2n) is 7.82. The molecule has 0 atom stereocenters. The van der Waals surface area contributed by atoms with Crippen molar-refractivity contribution in [3.05, 3.63) is 77.4 Å². The summed E-state index contributed by atoms with van der Waals surface area (Å²) >= 11 is 0. The number of hydrogen-bond acceptors (Lipinski definition) is 2. The van der Waals surface area contributed by atoms with Gasteiger partial charge >= 0.3 is 0 Å². The summed E-state index contributed by atoms with van der Waals surface area (Å²) in [5.74, 6) is 1.16. The average Bonchev–Trinajstić information content (AvgIpc) is 2.90. The first-order chi connectivity index (χ1) is 13.7.